The summed E-state index contributed by atoms with van der Waals surface area (Å²) in [5.74, 6) is -3.20. The van der Waals surface area contributed by atoms with Crippen LogP contribution in [0, 0.1) is 10.8 Å². The highest BCUT2D eigenvalue weighted by Gasteiger charge is 2.24. The number of nitrogens with one attached hydrogen (secondary N) is 7. The molecule has 0 heterocycles. The highest BCUT2D eigenvalue weighted by atomic mass is 32.1. The highest BCUT2D eigenvalue weighted by molar-refractivity contribution is 7.80. The number of hydrogen-bond acceptors (Lipinski definition) is 9. The molecule has 0 aliphatic heterocycles. The van der Waals surface area contributed by atoms with Crippen molar-refractivity contribution in [3.63, 3.8) is 0 Å². The maximum Gasteiger partial charge on any atom is 0.328 e. The fourth-order valence-corrected chi connectivity index (χ4v) is 2.92. The van der Waals surface area contributed by atoms with Crippen LogP contribution in [-0.4, -0.2) is 90.8 Å². The summed E-state index contributed by atoms with van der Waals surface area (Å²) >= 11 is 3.94. The van der Waals surface area contributed by atoms with E-state index >= 15 is 0 Å². The predicted molar refractivity (Wildman–Crippen MR) is 139 cm³/mol. The summed E-state index contributed by atoms with van der Waals surface area (Å²) in [6.07, 6.45) is 1.61. The quantitative estimate of drug-likeness (QED) is 0.0326. The van der Waals surface area contributed by atoms with Crippen molar-refractivity contribution >= 4 is 54.2 Å². The molecule has 0 aromatic carbocycles. The number of nitrogens with two attached hydrogens (primary N) is 2. The molecule has 0 fully saturated rings. The maximum absolute atomic E-state index is 11.9. The zero-order chi connectivity index (χ0) is 29.0. The van der Waals surface area contributed by atoms with E-state index in [1.54, 1.807) is 0 Å². The van der Waals surface area contributed by atoms with Gasteiger partial charge in [-0.25, -0.2) is 9.59 Å². The first-order valence-electron chi connectivity index (χ1n) is 11.2. The molecule has 0 rings (SSSR count). The Morgan fingerprint density at radius 1 is 0.838 bits per heavy atom. The van der Waals surface area contributed by atoms with E-state index in [1.165, 1.54) is 21.0 Å². The van der Waals surface area contributed by atoms with Crippen LogP contribution in [0.3, 0.4) is 0 Å². The van der Waals surface area contributed by atoms with Gasteiger partial charge in [-0.15, -0.1) is 0 Å². The van der Waals surface area contributed by atoms with E-state index < -0.39 is 41.9 Å². The topological polar surface area (TPSA) is 275 Å². The van der Waals surface area contributed by atoms with E-state index in [4.69, 9.17) is 27.4 Å². The summed E-state index contributed by atoms with van der Waals surface area (Å²) in [5, 5.41) is 35.3. The van der Waals surface area contributed by atoms with E-state index in [0.717, 1.165) is 0 Å². The third kappa shape index (κ3) is 20.2. The molecule has 0 aliphatic rings. The SMILES string of the molecule is CC(=O)N[C@@H](CS)C(=O)N[C@@H](CCCNC(=N)N)C(=O)O.COC(=O)[C@H](CCCNC(=N)N)NC(C)=O. The molecule has 212 valence electrons. The van der Waals surface area contributed by atoms with E-state index in [9.17, 15) is 24.0 Å². The van der Waals surface area contributed by atoms with Crippen molar-refractivity contribution in [1.29, 1.82) is 10.8 Å². The monoisotopic (exact) mass is 549 g/mol. The first-order valence-corrected chi connectivity index (χ1v) is 11.8. The second-order valence-corrected chi connectivity index (χ2v) is 7.94. The van der Waals surface area contributed by atoms with Gasteiger partial charge in [-0.2, -0.15) is 12.6 Å². The standard InChI is InChI=1S/C11H21N5O4S.C9H18N4O3/c1-6(17)15-8(5-21)9(18)16-7(10(19)20)3-2-4-14-11(12)13;1-6(14)13-7(8(15)16-2)4-3-5-12-9(10)11/h7-8,21H,2-5H2,1H3,(H,15,17)(H,16,18)(H,19,20)(H4,12,13,14);7H,3-5H2,1-2H3,(H,13,14)(H4,10,11,12)/t7-,8-;7-/m00/s1. The van der Waals surface area contributed by atoms with Crippen LogP contribution >= 0.6 is 12.6 Å². The predicted octanol–water partition coefficient (Wildman–Crippen LogP) is -2.82. The smallest absolute Gasteiger partial charge is 0.328 e. The molecule has 16 nitrogen and oxygen atoms in total. The number of amides is 3. The van der Waals surface area contributed by atoms with Crippen LogP contribution in [0.1, 0.15) is 39.5 Å². The molecule has 37 heavy (non-hydrogen) atoms. The minimum Gasteiger partial charge on any atom is -0.480 e. The van der Waals surface area contributed by atoms with Crippen LogP contribution in [0.25, 0.3) is 0 Å². The van der Waals surface area contributed by atoms with Crippen molar-refractivity contribution in [2.24, 2.45) is 11.5 Å². The molecule has 0 unspecified atom stereocenters. The second-order valence-electron chi connectivity index (χ2n) is 7.58. The molecule has 12 N–H and O–H groups in total. The van der Waals surface area contributed by atoms with Gasteiger partial charge in [0.25, 0.3) is 0 Å². The molecule has 0 saturated carbocycles. The number of aliphatic carboxylic acids is 1. The number of ether oxygens (including phenoxy) is 1. The molecular weight excluding hydrogens is 510 g/mol. The molecule has 3 atom stereocenters. The number of carbonyl (C=O) groups is 5. The Bertz CT molecular complexity index is 798. The van der Waals surface area contributed by atoms with Gasteiger partial charge in [0.1, 0.15) is 18.1 Å². The molecular formula is C20H39N9O7S. The molecule has 0 spiro atoms. The first-order chi connectivity index (χ1) is 17.2. The molecule has 0 aliphatic carbocycles. The van der Waals surface area contributed by atoms with Gasteiger partial charge < -0.3 is 47.9 Å². The van der Waals surface area contributed by atoms with E-state index in [1.807, 2.05) is 0 Å². The number of esters is 1. The molecule has 0 aromatic heterocycles. The van der Waals surface area contributed by atoms with Gasteiger partial charge in [-0.1, -0.05) is 0 Å². The maximum atomic E-state index is 11.9. The van der Waals surface area contributed by atoms with Crippen LogP contribution < -0.4 is 38.1 Å². The highest BCUT2D eigenvalue weighted by Crippen LogP contribution is 2.00. The minimum absolute atomic E-state index is 0.0592. The lowest BCUT2D eigenvalue weighted by atomic mass is 10.1. The third-order valence-electron chi connectivity index (χ3n) is 4.32. The Balaban J connectivity index is 0. The second kappa shape index (κ2) is 20.4. The van der Waals surface area contributed by atoms with Gasteiger partial charge in [0.15, 0.2) is 11.9 Å². The Kier molecular flexibility index (Phi) is 19.6. The summed E-state index contributed by atoms with van der Waals surface area (Å²) in [6, 6.07) is -2.61. The molecule has 17 heteroatoms. The summed E-state index contributed by atoms with van der Waals surface area (Å²) in [6.45, 7) is 3.40. The lowest BCUT2D eigenvalue weighted by molar-refractivity contribution is -0.145. The lowest BCUT2D eigenvalue weighted by Crippen LogP contribution is -2.52. The zero-order valence-electron chi connectivity index (χ0n) is 21.2. The average Bonchev–Trinajstić information content (AvgIpc) is 2.80. The van der Waals surface area contributed by atoms with Gasteiger partial charge in [0.05, 0.1) is 7.11 Å². The summed E-state index contributed by atoms with van der Waals surface area (Å²) in [7, 11) is 1.27. The van der Waals surface area contributed by atoms with Gasteiger partial charge in [-0.3, -0.25) is 25.2 Å². The molecule has 3 amide bonds. The Morgan fingerprint density at radius 2 is 1.27 bits per heavy atom. The van der Waals surface area contributed by atoms with Crippen molar-refractivity contribution in [2.75, 3.05) is 26.0 Å². The molecule has 0 radical (unpaired) electrons. The number of carboxylic acids is 1. The van der Waals surface area contributed by atoms with Crippen molar-refractivity contribution in [3.8, 4) is 0 Å². The third-order valence-corrected chi connectivity index (χ3v) is 4.69. The average molecular weight is 550 g/mol. The Hall–Kier alpha value is -3.76. The number of carboxylic acid groups (broad SMARTS) is 1. The number of carbonyl (C=O) groups excluding carboxylic acids is 4. The van der Waals surface area contributed by atoms with Crippen LogP contribution in [-0.2, 0) is 28.7 Å². The van der Waals surface area contributed by atoms with Gasteiger partial charge in [0, 0.05) is 32.7 Å². The first kappa shape index (κ1) is 35.4. The fourth-order valence-electron chi connectivity index (χ4n) is 2.66. The van der Waals surface area contributed by atoms with Crippen LogP contribution in [0.5, 0.6) is 0 Å². The minimum atomic E-state index is -1.17. The Morgan fingerprint density at radius 3 is 1.62 bits per heavy atom. The van der Waals surface area contributed by atoms with Crippen molar-refractivity contribution in [1.82, 2.24) is 26.6 Å². The normalized spacial score (nSPS) is 12.2. The summed E-state index contributed by atoms with van der Waals surface area (Å²) in [5.41, 5.74) is 10.2. The number of thiol groups is 1. The van der Waals surface area contributed by atoms with Crippen LogP contribution in [0.15, 0.2) is 0 Å². The van der Waals surface area contributed by atoms with Crippen LogP contribution in [0.4, 0.5) is 0 Å². The number of methoxy groups -OCH3 is 1. The molecule has 0 saturated heterocycles. The number of guanidine groups is 2. The number of hydrogen-bond donors (Lipinski definition) is 11. The Labute approximate surface area is 220 Å². The van der Waals surface area contributed by atoms with Crippen LogP contribution in [0.2, 0.25) is 0 Å². The zero-order valence-corrected chi connectivity index (χ0v) is 22.1. The molecule has 0 bridgehead atoms. The van der Waals surface area contributed by atoms with E-state index in [0.29, 0.717) is 32.4 Å². The van der Waals surface area contributed by atoms with Gasteiger partial charge >= 0.3 is 11.9 Å². The largest absolute Gasteiger partial charge is 0.480 e. The van der Waals surface area contributed by atoms with E-state index in [2.05, 4.69) is 43.9 Å². The van der Waals surface area contributed by atoms with Crippen molar-refractivity contribution in [2.45, 2.75) is 57.7 Å². The summed E-state index contributed by atoms with van der Waals surface area (Å²) in [4.78, 5) is 56.0. The van der Waals surface area contributed by atoms with Gasteiger partial charge in [-0.05, 0) is 25.7 Å². The van der Waals surface area contributed by atoms with E-state index in [-0.39, 0.29) is 30.0 Å². The lowest BCUT2D eigenvalue weighted by Gasteiger charge is -2.19. The van der Waals surface area contributed by atoms with Crippen molar-refractivity contribution in [3.05, 3.63) is 0 Å². The van der Waals surface area contributed by atoms with Crippen molar-refractivity contribution < 1.29 is 33.8 Å². The van der Waals surface area contributed by atoms with Gasteiger partial charge in [0.2, 0.25) is 17.7 Å². The number of rotatable bonds is 15. The molecule has 0 aromatic rings. The summed E-state index contributed by atoms with van der Waals surface area (Å²) < 4.78 is 4.55. The fraction of sp³-hybridized carbons (Fsp3) is 0.650.